The average molecular weight is 319 g/mol. The van der Waals surface area contributed by atoms with Crippen LogP contribution >= 0.6 is 11.3 Å². The Hall–Kier alpha value is -1.98. The summed E-state index contributed by atoms with van der Waals surface area (Å²) in [5.41, 5.74) is -0.502. The second-order valence-corrected chi connectivity index (χ2v) is 5.96. The summed E-state index contributed by atoms with van der Waals surface area (Å²) in [6.07, 6.45) is 3.20. The highest BCUT2D eigenvalue weighted by Crippen LogP contribution is 2.26. The Morgan fingerprint density at radius 2 is 2.14 bits per heavy atom. The van der Waals surface area contributed by atoms with Crippen LogP contribution in [0.25, 0.3) is 6.08 Å². The molecule has 1 atom stereocenters. The predicted octanol–water partition coefficient (Wildman–Crippen LogP) is 3.58. The molecule has 0 bridgehead atoms. The van der Waals surface area contributed by atoms with Gasteiger partial charge in [0.2, 0.25) is 5.91 Å². The fourth-order valence-corrected chi connectivity index (χ4v) is 2.64. The second-order valence-electron chi connectivity index (χ2n) is 4.98. The van der Waals surface area contributed by atoms with E-state index in [0.717, 1.165) is 4.88 Å². The minimum Gasteiger partial charge on any atom is -0.372 e. The number of nitrogens with one attached hydrogen (secondary N) is 1. The van der Waals surface area contributed by atoms with Crippen molar-refractivity contribution in [1.82, 2.24) is 5.32 Å². The molecule has 5 heteroatoms. The first-order valence-corrected chi connectivity index (χ1v) is 7.73. The van der Waals surface area contributed by atoms with Crippen LogP contribution in [-0.4, -0.2) is 19.6 Å². The lowest BCUT2D eigenvalue weighted by Crippen LogP contribution is -2.40. The molecule has 0 spiro atoms. The first-order valence-electron chi connectivity index (χ1n) is 6.85. The lowest BCUT2D eigenvalue weighted by atomic mass is 9.95. The van der Waals surface area contributed by atoms with E-state index in [1.165, 1.54) is 19.3 Å². The lowest BCUT2D eigenvalue weighted by Gasteiger charge is -2.29. The van der Waals surface area contributed by atoms with Crippen molar-refractivity contribution in [2.45, 2.75) is 12.5 Å². The van der Waals surface area contributed by atoms with E-state index in [0.29, 0.717) is 5.56 Å². The van der Waals surface area contributed by atoms with Gasteiger partial charge < -0.3 is 10.1 Å². The zero-order chi connectivity index (χ0) is 16.0. The van der Waals surface area contributed by atoms with Crippen LogP contribution in [0.15, 0.2) is 47.9 Å². The molecule has 3 nitrogen and oxygen atoms in total. The smallest absolute Gasteiger partial charge is 0.244 e. The zero-order valence-electron chi connectivity index (χ0n) is 12.5. The van der Waals surface area contributed by atoms with Gasteiger partial charge in [0.25, 0.3) is 0 Å². The van der Waals surface area contributed by atoms with Gasteiger partial charge in [-0.1, -0.05) is 24.3 Å². The van der Waals surface area contributed by atoms with Gasteiger partial charge in [-0.25, -0.2) is 4.39 Å². The van der Waals surface area contributed by atoms with E-state index >= 15 is 0 Å². The number of methoxy groups -OCH3 is 1. The number of amides is 1. The fourth-order valence-electron chi connectivity index (χ4n) is 2.03. The third-order valence-electron chi connectivity index (χ3n) is 3.44. The SMILES string of the molecule is CO[C@](C)(CNC(=O)/C=C/c1cccs1)c1ccccc1F. The van der Waals surface area contributed by atoms with Crippen LogP contribution in [0.4, 0.5) is 4.39 Å². The number of hydrogen-bond donors (Lipinski definition) is 1. The maximum absolute atomic E-state index is 13.9. The Morgan fingerprint density at radius 1 is 1.36 bits per heavy atom. The second kappa shape index (κ2) is 7.33. The van der Waals surface area contributed by atoms with E-state index in [1.54, 1.807) is 42.5 Å². The van der Waals surface area contributed by atoms with Crippen molar-refractivity contribution >= 4 is 23.3 Å². The van der Waals surface area contributed by atoms with E-state index in [2.05, 4.69) is 5.32 Å². The number of ether oxygens (including phenoxy) is 1. The van der Waals surface area contributed by atoms with Gasteiger partial charge in [0.05, 0.1) is 6.54 Å². The maximum Gasteiger partial charge on any atom is 0.244 e. The first-order chi connectivity index (χ1) is 10.5. The molecule has 1 amide bonds. The molecule has 0 fully saturated rings. The highest BCUT2D eigenvalue weighted by molar-refractivity contribution is 7.10. The summed E-state index contributed by atoms with van der Waals surface area (Å²) in [7, 11) is 1.50. The molecule has 2 aromatic rings. The molecule has 1 N–H and O–H groups in total. The number of benzene rings is 1. The normalized spacial score (nSPS) is 14.0. The van der Waals surface area contributed by atoms with E-state index < -0.39 is 5.60 Å². The average Bonchev–Trinajstić information content (AvgIpc) is 3.04. The van der Waals surface area contributed by atoms with Gasteiger partial charge in [-0.3, -0.25) is 4.79 Å². The molecular weight excluding hydrogens is 301 g/mol. The first kappa shape index (κ1) is 16.4. The van der Waals surface area contributed by atoms with Gasteiger partial charge in [-0.2, -0.15) is 0 Å². The minimum absolute atomic E-state index is 0.179. The van der Waals surface area contributed by atoms with E-state index in [9.17, 15) is 9.18 Å². The molecule has 0 aliphatic carbocycles. The highest BCUT2D eigenvalue weighted by Gasteiger charge is 2.29. The molecule has 1 heterocycles. The molecule has 0 aliphatic heterocycles. The van der Waals surface area contributed by atoms with Crippen LogP contribution in [0, 0.1) is 5.82 Å². The van der Waals surface area contributed by atoms with Gasteiger partial charge in [0.1, 0.15) is 11.4 Å². The van der Waals surface area contributed by atoms with Crippen molar-refractivity contribution in [3.63, 3.8) is 0 Å². The third kappa shape index (κ3) is 4.02. The number of carbonyl (C=O) groups excluding carboxylic acids is 1. The summed E-state index contributed by atoms with van der Waals surface area (Å²) in [5, 5.41) is 4.69. The number of halogens is 1. The summed E-state index contributed by atoms with van der Waals surface area (Å²) in [5.74, 6) is -0.594. The van der Waals surface area contributed by atoms with Gasteiger partial charge >= 0.3 is 0 Å². The molecule has 1 aromatic carbocycles. The van der Waals surface area contributed by atoms with Gasteiger partial charge in [-0.05, 0) is 30.5 Å². The number of carbonyl (C=O) groups is 1. The van der Waals surface area contributed by atoms with E-state index in [1.807, 2.05) is 17.5 Å². The molecule has 1 aromatic heterocycles. The summed E-state index contributed by atoms with van der Waals surface area (Å²) in [6, 6.07) is 10.2. The van der Waals surface area contributed by atoms with Crippen molar-refractivity contribution in [3.05, 3.63) is 64.1 Å². The highest BCUT2D eigenvalue weighted by atomic mass is 32.1. The molecule has 0 saturated carbocycles. The Bertz CT molecular complexity index is 654. The van der Waals surface area contributed by atoms with Gasteiger partial charge in [0.15, 0.2) is 0 Å². The molecule has 0 unspecified atom stereocenters. The molecule has 0 saturated heterocycles. The molecule has 2 rings (SSSR count). The standard InChI is InChI=1S/C17H18FNO2S/c1-17(21-2,14-7-3-4-8-15(14)18)12-19-16(20)10-9-13-6-5-11-22-13/h3-11H,12H2,1-2H3,(H,19,20)/b10-9+/t17-/m1/s1. The van der Waals surface area contributed by atoms with Crippen molar-refractivity contribution in [3.8, 4) is 0 Å². The molecular formula is C17H18FNO2S. The summed E-state index contributed by atoms with van der Waals surface area (Å²) in [4.78, 5) is 12.9. The van der Waals surface area contributed by atoms with Crippen LogP contribution in [-0.2, 0) is 15.1 Å². The van der Waals surface area contributed by atoms with Crippen LogP contribution in [0.3, 0.4) is 0 Å². The van der Waals surface area contributed by atoms with Crippen molar-refractivity contribution in [1.29, 1.82) is 0 Å². The van der Waals surface area contributed by atoms with Gasteiger partial charge in [-0.15, -0.1) is 11.3 Å². The molecule has 22 heavy (non-hydrogen) atoms. The Morgan fingerprint density at radius 3 is 2.77 bits per heavy atom. The lowest BCUT2D eigenvalue weighted by molar-refractivity contribution is -0.118. The van der Waals surface area contributed by atoms with E-state index in [-0.39, 0.29) is 18.3 Å². The topological polar surface area (TPSA) is 38.3 Å². The third-order valence-corrected chi connectivity index (χ3v) is 4.27. The molecule has 0 aliphatic rings. The maximum atomic E-state index is 13.9. The van der Waals surface area contributed by atoms with Crippen LogP contribution in [0.5, 0.6) is 0 Å². The Balaban J connectivity index is 2.01. The number of hydrogen-bond acceptors (Lipinski definition) is 3. The predicted molar refractivity (Wildman–Crippen MR) is 87.1 cm³/mol. The monoisotopic (exact) mass is 319 g/mol. The van der Waals surface area contributed by atoms with Crippen molar-refractivity contribution < 1.29 is 13.9 Å². The van der Waals surface area contributed by atoms with Crippen molar-refractivity contribution in [2.24, 2.45) is 0 Å². The summed E-state index contributed by atoms with van der Waals surface area (Å²) < 4.78 is 19.4. The largest absolute Gasteiger partial charge is 0.372 e. The van der Waals surface area contributed by atoms with Gasteiger partial charge in [0, 0.05) is 23.6 Å². The zero-order valence-corrected chi connectivity index (χ0v) is 13.3. The van der Waals surface area contributed by atoms with Crippen LogP contribution in [0.1, 0.15) is 17.4 Å². The molecule has 116 valence electrons. The number of thiophene rings is 1. The Labute approximate surface area is 133 Å². The summed E-state index contributed by atoms with van der Waals surface area (Å²) in [6.45, 7) is 1.92. The summed E-state index contributed by atoms with van der Waals surface area (Å²) >= 11 is 1.55. The van der Waals surface area contributed by atoms with Crippen LogP contribution < -0.4 is 5.32 Å². The minimum atomic E-state index is -0.919. The Kier molecular flexibility index (Phi) is 5.46. The quantitative estimate of drug-likeness (QED) is 0.827. The number of rotatable bonds is 6. The van der Waals surface area contributed by atoms with E-state index in [4.69, 9.17) is 4.74 Å². The molecule has 0 radical (unpaired) electrons. The van der Waals surface area contributed by atoms with Crippen molar-refractivity contribution in [2.75, 3.05) is 13.7 Å². The van der Waals surface area contributed by atoms with Crippen LogP contribution in [0.2, 0.25) is 0 Å². The fraction of sp³-hybridized carbons (Fsp3) is 0.235.